The number of fused-ring (bicyclic) bond motifs is 1. The van der Waals surface area contributed by atoms with Crippen LogP contribution in [-0.2, 0) is 11.3 Å². The van der Waals surface area contributed by atoms with Gasteiger partial charge >= 0.3 is 0 Å². The van der Waals surface area contributed by atoms with Gasteiger partial charge in [0, 0.05) is 34.9 Å². The molecule has 0 radical (unpaired) electrons. The van der Waals surface area contributed by atoms with Crippen LogP contribution in [0.25, 0.3) is 10.9 Å². The number of piperidine rings is 1. The van der Waals surface area contributed by atoms with E-state index in [1.54, 1.807) is 6.07 Å². The smallest absolute Gasteiger partial charge is 0.270 e. The largest absolute Gasteiger partial charge is 0.465 e. The number of carbonyl (C=O) groups excluding carboxylic acids is 2. The maximum Gasteiger partial charge on any atom is 0.270 e. The number of nitrogens with one attached hydrogen (secondary N) is 2. The minimum atomic E-state index is -0.103. The van der Waals surface area contributed by atoms with E-state index in [0.29, 0.717) is 30.4 Å². The van der Waals surface area contributed by atoms with Crippen molar-refractivity contribution in [3.63, 3.8) is 0 Å². The van der Waals surface area contributed by atoms with Crippen molar-refractivity contribution in [3.8, 4) is 0 Å². The highest BCUT2D eigenvalue weighted by molar-refractivity contribution is 6.31. The molecule has 4 rings (SSSR count). The molecule has 1 fully saturated rings. The van der Waals surface area contributed by atoms with Crippen LogP contribution in [-0.4, -0.2) is 34.8 Å². The van der Waals surface area contributed by atoms with Gasteiger partial charge < -0.3 is 19.6 Å². The molecular formula is C23H26ClN3O3. The average Bonchev–Trinajstić information content (AvgIpc) is 3.36. The first-order valence-corrected chi connectivity index (χ1v) is 10.7. The lowest BCUT2D eigenvalue weighted by molar-refractivity contribution is -0.126. The van der Waals surface area contributed by atoms with E-state index in [1.807, 2.05) is 49.1 Å². The summed E-state index contributed by atoms with van der Waals surface area (Å²) in [4.78, 5) is 30.5. The number of likely N-dealkylation sites (tertiary alicyclic amines) is 1. The summed E-state index contributed by atoms with van der Waals surface area (Å²) in [6.45, 7) is 5.54. The van der Waals surface area contributed by atoms with E-state index in [4.69, 9.17) is 16.0 Å². The Bertz CT molecular complexity index is 1060. The number of aryl methyl sites for hydroxylation is 1. The molecule has 6 nitrogen and oxygen atoms in total. The Balaban J connectivity index is 1.31. The molecule has 158 valence electrons. The quantitative estimate of drug-likeness (QED) is 0.628. The van der Waals surface area contributed by atoms with E-state index in [2.05, 4.69) is 10.3 Å². The number of furan rings is 1. The molecule has 2 aromatic heterocycles. The SMILES string of the molecule is Cc1ccc(CNC(=O)C(C)C2CCN(C(=O)c3cc4cc(Cl)ccc4[nH]3)CC2)o1. The molecule has 1 aliphatic rings. The summed E-state index contributed by atoms with van der Waals surface area (Å²) in [5.41, 5.74) is 1.47. The molecule has 0 bridgehead atoms. The molecule has 7 heteroatoms. The summed E-state index contributed by atoms with van der Waals surface area (Å²) in [5, 5.41) is 4.54. The topological polar surface area (TPSA) is 78.3 Å². The van der Waals surface area contributed by atoms with Gasteiger partial charge in [-0.2, -0.15) is 0 Å². The molecule has 2 N–H and O–H groups in total. The van der Waals surface area contributed by atoms with Gasteiger partial charge in [0.05, 0.1) is 6.54 Å². The standard InChI is InChI=1S/C23H26ClN3O3/c1-14-3-5-19(30-14)13-25-22(28)15(2)16-7-9-27(10-8-16)23(29)21-12-17-11-18(24)4-6-20(17)26-21/h3-6,11-12,15-16,26H,7-10,13H2,1-2H3,(H,25,28). The Labute approximate surface area is 180 Å². The van der Waals surface area contributed by atoms with E-state index >= 15 is 0 Å². The highest BCUT2D eigenvalue weighted by Crippen LogP contribution is 2.27. The van der Waals surface area contributed by atoms with Crippen LogP contribution in [0.4, 0.5) is 0 Å². The molecule has 30 heavy (non-hydrogen) atoms. The molecule has 1 saturated heterocycles. The van der Waals surface area contributed by atoms with Gasteiger partial charge in [0.1, 0.15) is 17.2 Å². The zero-order valence-corrected chi connectivity index (χ0v) is 18.0. The number of aromatic nitrogens is 1. The van der Waals surface area contributed by atoms with Crippen molar-refractivity contribution in [1.29, 1.82) is 0 Å². The van der Waals surface area contributed by atoms with E-state index in [1.165, 1.54) is 0 Å². The van der Waals surface area contributed by atoms with Crippen LogP contribution in [0.5, 0.6) is 0 Å². The lowest BCUT2D eigenvalue weighted by atomic mass is 9.84. The third kappa shape index (κ3) is 4.38. The molecule has 0 aliphatic carbocycles. The van der Waals surface area contributed by atoms with Crippen LogP contribution in [0.1, 0.15) is 41.8 Å². The molecule has 0 saturated carbocycles. The van der Waals surface area contributed by atoms with Gasteiger partial charge in [0.15, 0.2) is 0 Å². The predicted molar refractivity (Wildman–Crippen MR) is 116 cm³/mol. The van der Waals surface area contributed by atoms with Crippen LogP contribution in [0, 0.1) is 18.8 Å². The molecule has 2 amide bonds. The normalized spacial score (nSPS) is 16.0. The third-order valence-electron chi connectivity index (χ3n) is 5.99. The fourth-order valence-corrected chi connectivity index (χ4v) is 4.30. The van der Waals surface area contributed by atoms with E-state index in [0.717, 1.165) is 35.3 Å². The maximum atomic E-state index is 12.9. The van der Waals surface area contributed by atoms with Crippen molar-refractivity contribution in [1.82, 2.24) is 15.2 Å². The first-order valence-electron chi connectivity index (χ1n) is 10.3. The molecule has 1 aromatic carbocycles. The number of benzene rings is 1. The number of rotatable bonds is 5. The second-order valence-electron chi connectivity index (χ2n) is 8.06. The summed E-state index contributed by atoms with van der Waals surface area (Å²) in [5.74, 6) is 1.77. The van der Waals surface area contributed by atoms with Gasteiger partial charge in [0.2, 0.25) is 5.91 Å². The number of halogens is 1. The van der Waals surface area contributed by atoms with Gasteiger partial charge in [-0.15, -0.1) is 0 Å². The Kier molecular flexibility index (Phi) is 5.86. The van der Waals surface area contributed by atoms with Crippen LogP contribution in [0.2, 0.25) is 5.02 Å². The number of nitrogens with zero attached hydrogens (tertiary/aromatic N) is 1. The fraction of sp³-hybridized carbons (Fsp3) is 0.391. The van der Waals surface area contributed by atoms with Crippen molar-refractivity contribution in [2.24, 2.45) is 11.8 Å². The zero-order chi connectivity index (χ0) is 21.3. The van der Waals surface area contributed by atoms with Gasteiger partial charge in [0.25, 0.3) is 5.91 Å². The molecule has 1 unspecified atom stereocenters. The van der Waals surface area contributed by atoms with Crippen molar-refractivity contribution in [2.45, 2.75) is 33.2 Å². The number of hydrogen-bond donors (Lipinski definition) is 2. The first kappa shape index (κ1) is 20.5. The predicted octanol–water partition coefficient (Wildman–Crippen LogP) is 4.53. The van der Waals surface area contributed by atoms with E-state index < -0.39 is 0 Å². The maximum absolute atomic E-state index is 12.9. The highest BCUT2D eigenvalue weighted by Gasteiger charge is 2.30. The fourth-order valence-electron chi connectivity index (χ4n) is 4.12. The lowest BCUT2D eigenvalue weighted by Crippen LogP contribution is -2.42. The van der Waals surface area contributed by atoms with E-state index in [-0.39, 0.29) is 23.7 Å². The Morgan fingerprint density at radius 3 is 2.70 bits per heavy atom. The van der Waals surface area contributed by atoms with Crippen molar-refractivity contribution in [2.75, 3.05) is 13.1 Å². The third-order valence-corrected chi connectivity index (χ3v) is 6.23. The summed E-state index contributed by atoms with van der Waals surface area (Å²) in [7, 11) is 0. The Morgan fingerprint density at radius 2 is 2.00 bits per heavy atom. The summed E-state index contributed by atoms with van der Waals surface area (Å²) < 4.78 is 5.50. The second-order valence-corrected chi connectivity index (χ2v) is 8.50. The van der Waals surface area contributed by atoms with Crippen molar-refractivity contribution >= 4 is 34.3 Å². The molecule has 0 spiro atoms. The number of carbonyl (C=O) groups is 2. The average molecular weight is 428 g/mol. The van der Waals surface area contributed by atoms with Crippen LogP contribution >= 0.6 is 11.6 Å². The monoisotopic (exact) mass is 427 g/mol. The zero-order valence-electron chi connectivity index (χ0n) is 17.2. The molecule has 1 aliphatic heterocycles. The first-order chi connectivity index (χ1) is 14.4. The molecule has 3 heterocycles. The number of hydrogen-bond acceptors (Lipinski definition) is 3. The number of H-pyrrole nitrogens is 1. The lowest BCUT2D eigenvalue weighted by Gasteiger charge is -2.34. The highest BCUT2D eigenvalue weighted by atomic mass is 35.5. The van der Waals surface area contributed by atoms with Crippen molar-refractivity contribution in [3.05, 3.63) is 58.6 Å². The van der Waals surface area contributed by atoms with E-state index in [9.17, 15) is 9.59 Å². The van der Waals surface area contributed by atoms with Gasteiger partial charge in [-0.3, -0.25) is 9.59 Å². The van der Waals surface area contributed by atoms with Crippen LogP contribution in [0.15, 0.2) is 40.8 Å². The summed E-state index contributed by atoms with van der Waals surface area (Å²) in [6.07, 6.45) is 1.62. The summed E-state index contributed by atoms with van der Waals surface area (Å²) in [6, 6.07) is 11.1. The minimum absolute atomic E-state index is 0.00827. The van der Waals surface area contributed by atoms with Crippen LogP contribution < -0.4 is 5.32 Å². The second kappa shape index (κ2) is 8.56. The van der Waals surface area contributed by atoms with Gasteiger partial charge in [-0.25, -0.2) is 0 Å². The molecule has 3 aromatic rings. The van der Waals surface area contributed by atoms with Crippen LogP contribution in [0.3, 0.4) is 0 Å². The van der Waals surface area contributed by atoms with Gasteiger partial charge in [-0.05, 0) is 62.1 Å². The number of aromatic amines is 1. The van der Waals surface area contributed by atoms with Crippen molar-refractivity contribution < 1.29 is 14.0 Å². The Hall–Kier alpha value is -2.73. The Morgan fingerprint density at radius 1 is 1.23 bits per heavy atom. The number of amides is 2. The molecular weight excluding hydrogens is 402 g/mol. The minimum Gasteiger partial charge on any atom is -0.465 e. The summed E-state index contributed by atoms with van der Waals surface area (Å²) >= 11 is 6.04. The van der Waals surface area contributed by atoms with Gasteiger partial charge in [-0.1, -0.05) is 18.5 Å². The molecule has 1 atom stereocenters.